The van der Waals surface area contributed by atoms with Crippen molar-refractivity contribution in [2.24, 2.45) is 0 Å². The molecule has 1 heterocycles. The summed E-state index contributed by atoms with van der Waals surface area (Å²) in [6.07, 6.45) is 3.47. The second-order valence-corrected chi connectivity index (χ2v) is 1.80. The number of hydrogen-bond acceptors (Lipinski definition) is 2. The van der Waals surface area contributed by atoms with E-state index in [2.05, 4.69) is 4.74 Å². The summed E-state index contributed by atoms with van der Waals surface area (Å²) in [4.78, 5) is 0. The molecule has 0 aliphatic carbocycles. The summed E-state index contributed by atoms with van der Waals surface area (Å²) < 4.78 is 4.54. The summed E-state index contributed by atoms with van der Waals surface area (Å²) in [6, 6.07) is 0. The Morgan fingerprint density at radius 3 is 1.67 bits per heavy atom. The summed E-state index contributed by atoms with van der Waals surface area (Å²) in [6.45, 7) is 4.26. The van der Waals surface area contributed by atoms with E-state index < -0.39 is 0 Å². The van der Waals surface area contributed by atoms with Gasteiger partial charge in [0.2, 0.25) is 0 Å². The second-order valence-electron chi connectivity index (χ2n) is 1.80. The molecule has 0 saturated carbocycles. The Hall–Kier alpha value is 0.500. The summed E-state index contributed by atoms with van der Waals surface area (Å²) in [5.74, 6) is 0. The predicted molar refractivity (Wildman–Crippen MR) is 39.6 cm³/mol. The molecule has 2 nitrogen and oxygen atoms in total. The standard InChI is InChI=1S/C3H4O.C3H8O.Na.H/c1-2-4-3-1;1-3(2)4;;/h1-2H,3H2;3-4H,1-2H3;;. The minimum absolute atomic E-state index is 0. The third kappa shape index (κ3) is 17.7. The van der Waals surface area contributed by atoms with Gasteiger partial charge < -0.3 is 9.84 Å². The molecule has 1 aliphatic rings. The van der Waals surface area contributed by atoms with E-state index in [0.29, 0.717) is 0 Å². The summed E-state index contributed by atoms with van der Waals surface area (Å²) >= 11 is 0. The maximum absolute atomic E-state index is 8.06. The van der Waals surface area contributed by atoms with E-state index in [-0.39, 0.29) is 35.7 Å². The van der Waals surface area contributed by atoms with Gasteiger partial charge in [0.05, 0.1) is 6.26 Å². The zero-order valence-corrected chi connectivity index (χ0v) is 5.29. The molecule has 1 aliphatic heterocycles. The van der Waals surface area contributed by atoms with Crippen LogP contribution in [-0.4, -0.2) is 47.4 Å². The van der Waals surface area contributed by atoms with Crippen molar-refractivity contribution in [2.45, 2.75) is 20.0 Å². The fourth-order valence-corrected chi connectivity index (χ4v) is 0.0962. The maximum atomic E-state index is 8.06. The third-order valence-electron chi connectivity index (χ3n) is 0.385. The van der Waals surface area contributed by atoms with E-state index in [1.165, 1.54) is 0 Å². The first-order chi connectivity index (χ1) is 3.73. The van der Waals surface area contributed by atoms with Crippen LogP contribution in [0.15, 0.2) is 12.3 Å². The van der Waals surface area contributed by atoms with E-state index >= 15 is 0 Å². The Bertz CT molecular complexity index is 62.7. The molecule has 0 aromatic heterocycles. The van der Waals surface area contributed by atoms with Crippen LogP contribution in [0.2, 0.25) is 0 Å². The molecule has 0 fully saturated rings. The van der Waals surface area contributed by atoms with Crippen molar-refractivity contribution in [3.8, 4) is 0 Å². The molecule has 0 bridgehead atoms. The van der Waals surface area contributed by atoms with Crippen molar-refractivity contribution in [1.82, 2.24) is 0 Å². The summed E-state index contributed by atoms with van der Waals surface area (Å²) in [7, 11) is 0. The van der Waals surface area contributed by atoms with Crippen molar-refractivity contribution in [2.75, 3.05) is 6.61 Å². The quantitative estimate of drug-likeness (QED) is 0.489. The predicted octanol–water partition coefficient (Wildman–Crippen LogP) is 0.269. The molecule has 0 unspecified atom stereocenters. The Morgan fingerprint density at radius 1 is 1.56 bits per heavy atom. The Labute approximate surface area is 78.2 Å². The third-order valence-corrected chi connectivity index (χ3v) is 0.385. The number of hydrogen-bond donors (Lipinski definition) is 1. The van der Waals surface area contributed by atoms with Crippen molar-refractivity contribution in [3.63, 3.8) is 0 Å². The zero-order chi connectivity index (χ0) is 6.41. The van der Waals surface area contributed by atoms with Gasteiger partial charge in [-0.25, -0.2) is 0 Å². The van der Waals surface area contributed by atoms with Gasteiger partial charge in [0, 0.05) is 6.10 Å². The fourth-order valence-electron chi connectivity index (χ4n) is 0.0962. The molecule has 0 amide bonds. The van der Waals surface area contributed by atoms with Crippen LogP contribution >= 0.6 is 0 Å². The number of rotatable bonds is 0. The van der Waals surface area contributed by atoms with Crippen LogP contribution in [0.1, 0.15) is 13.8 Å². The normalized spacial score (nSPS) is 12.0. The topological polar surface area (TPSA) is 29.5 Å². The molecule has 9 heavy (non-hydrogen) atoms. The minimum atomic E-state index is -0.167. The van der Waals surface area contributed by atoms with Gasteiger partial charge in [-0.2, -0.15) is 0 Å². The Kier molecular flexibility index (Phi) is 11.5. The van der Waals surface area contributed by atoms with Gasteiger partial charge in [0.15, 0.2) is 0 Å². The Balaban J connectivity index is 0. The second kappa shape index (κ2) is 8.50. The molecule has 0 spiro atoms. The molecule has 50 valence electrons. The molecule has 1 rings (SSSR count). The molecule has 3 heteroatoms. The average Bonchev–Trinajstić information content (AvgIpc) is 1.19. The van der Waals surface area contributed by atoms with Gasteiger partial charge in [-0.1, -0.05) is 0 Å². The van der Waals surface area contributed by atoms with Gasteiger partial charge >= 0.3 is 29.6 Å². The van der Waals surface area contributed by atoms with Crippen LogP contribution in [0.25, 0.3) is 0 Å². The van der Waals surface area contributed by atoms with Crippen molar-refractivity contribution in [1.29, 1.82) is 0 Å². The molecule has 0 saturated heterocycles. The number of ether oxygens (including phenoxy) is 1. The van der Waals surface area contributed by atoms with Crippen LogP contribution < -0.4 is 0 Å². The van der Waals surface area contributed by atoms with E-state index in [1.807, 2.05) is 6.08 Å². The summed E-state index contributed by atoms with van der Waals surface area (Å²) in [5.41, 5.74) is 0. The number of aliphatic hydroxyl groups is 1. The van der Waals surface area contributed by atoms with Crippen molar-refractivity contribution >= 4 is 29.6 Å². The van der Waals surface area contributed by atoms with Crippen LogP contribution in [0, 0.1) is 0 Å². The van der Waals surface area contributed by atoms with E-state index in [0.717, 1.165) is 6.61 Å². The van der Waals surface area contributed by atoms with Gasteiger partial charge in [-0.05, 0) is 19.9 Å². The van der Waals surface area contributed by atoms with Crippen LogP contribution in [0.5, 0.6) is 0 Å². The first-order valence-corrected chi connectivity index (χ1v) is 2.68. The van der Waals surface area contributed by atoms with E-state index in [9.17, 15) is 0 Å². The first-order valence-electron chi connectivity index (χ1n) is 2.68. The van der Waals surface area contributed by atoms with Gasteiger partial charge in [-0.15, -0.1) is 0 Å². The molecular weight excluding hydrogens is 127 g/mol. The van der Waals surface area contributed by atoms with Crippen LogP contribution in [0.3, 0.4) is 0 Å². The molecule has 0 aromatic carbocycles. The monoisotopic (exact) mass is 140 g/mol. The van der Waals surface area contributed by atoms with Crippen molar-refractivity contribution in [3.05, 3.63) is 12.3 Å². The van der Waals surface area contributed by atoms with Gasteiger partial charge in [-0.3, -0.25) is 0 Å². The average molecular weight is 140 g/mol. The van der Waals surface area contributed by atoms with Crippen LogP contribution in [0.4, 0.5) is 0 Å². The molecule has 0 atom stereocenters. The van der Waals surface area contributed by atoms with Crippen molar-refractivity contribution < 1.29 is 9.84 Å². The van der Waals surface area contributed by atoms with Gasteiger partial charge in [0.25, 0.3) is 0 Å². The molecular formula is C6H13NaO2. The zero-order valence-electron chi connectivity index (χ0n) is 5.29. The SMILES string of the molecule is C1=COC1.CC(C)O.[NaH]. The van der Waals surface area contributed by atoms with Crippen LogP contribution in [-0.2, 0) is 4.74 Å². The summed E-state index contributed by atoms with van der Waals surface area (Å²) in [5, 5.41) is 8.06. The molecule has 1 N–H and O–H groups in total. The number of aliphatic hydroxyl groups excluding tert-OH is 1. The Morgan fingerprint density at radius 2 is 1.67 bits per heavy atom. The van der Waals surface area contributed by atoms with E-state index in [4.69, 9.17) is 5.11 Å². The molecule has 0 radical (unpaired) electrons. The first kappa shape index (κ1) is 12.2. The fraction of sp³-hybridized carbons (Fsp3) is 0.667. The van der Waals surface area contributed by atoms with E-state index in [1.54, 1.807) is 20.1 Å². The molecule has 0 aromatic rings. The van der Waals surface area contributed by atoms with Gasteiger partial charge in [0.1, 0.15) is 6.61 Å².